The van der Waals surface area contributed by atoms with E-state index >= 15 is 0 Å². The fourth-order valence-electron chi connectivity index (χ4n) is 1.84. The molecule has 8 nitrogen and oxygen atoms in total. The van der Waals surface area contributed by atoms with Gasteiger partial charge in [-0.05, 0) is 6.42 Å². The highest BCUT2D eigenvalue weighted by Crippen LogP contribution is 2.12. The minimum absolute atomic E-state index is 0.0606. The molecule has 2 saturated heterocycles. The van der Waals surface area contributed by atoms with Crippen molar-refractivity contribution in [1.29, 1.82) is 0 Å². The number of urea groups is 2. The second-order valence-corrected chi connectivity index (χ2v) is 3.97. The summed E-state index contributed by atoms with van der Waals surface area (Å²) in [5, 5.41) is 10.4. The molecule has 0 spiro atoms. The number of hydrogen-bond donors (Lipinski definition) is 4. The summed E-state index contributed by atoms with van der Waals surface area (Å²) in [6.45, 7) is 2.46. The van der Waals surface area contributed by atoms with Gasteiger partial charge >= 0.3 is 12.1 Å². The van der Waals surface area contributed by atoms with Crippen LogP contribution in [0, 0.1) is 0 Å². The van der Waals surface area contributed by atoms with Gasteiger partial charge in [0, 0.05) is 6.54 Å². The van der Waals surface area contributed by atoms with E-state index in [2.05, 4.69) is 21.3 Å². The Morgan fingerprint density at radius 1 is 1.35 bits per heavy atom. The Bertz CT molecular complexity index is 359. The lowest BCUT2D eigenvalue weighted by molar-refractivity contribution is -0.121. The molecule has 2 heterocycles. The van der Waals surface area contributed by atoms with Crippen LogP contribution in [0.15, 0.2) is 0 Å². The standard InChI is InChI=1S/C9H15N5O3/c1-2-3-10-5(15)4-14-7-6(12-9(14)17)11-8(16)13-7/h6-7H,2-4H2,1H3,(H,10,15)(H,12,17)(H2,11,13,16)/t6-,7+/m1/s1. The highest BCUT2D eigenvalue weighted by Gasteiger charge is 2.45. The normalized spacial score (nSPS) is 26.1. The van der Waals surface area contributed by atoms with Crippen molar-refractivity contribution >= 4 is 18.0 Å². The second-order valence-electron chi connectivity index (χ2n) is 3.97. The van der Waals surface area contributed by atoms with Crippen molar-refractivity contribution in [3.05, 3.63) is 0 Å². The zero-order chi connectivity index (χ0) is 12.4. The molecule has 0 aromatic carbocycles. The zero-order valence-corrected chi connectivity index (χ0v) is 9.45. The Balaban J connectivity index is 1.93. The predicted molar refractivity (Wildman–Crippen MR) is 57.8 cm³/mol. The van der Waals surface area contributed by atoms with Crippen LogP contribution in [0.25, 0.3) is 0 Å². The highest BCUT2D eigenvalue weighted by molar-refractivity contribution is 5.88. The van der Waals surface area contributed by atoms with Gasteiger partial charge in [0.05, 0.1) is 0 Å². The van der Waals surface area contributed by atoms with Crippen molar-refractivity contribution in [3.8, 4) is 0 Å². The molecule has 2 aliphatic heterocycles. The van der Waals surface area contributed by atoms with Crippen molar-refractivity contribution in [2.75, 3.05) is 13.1 Å². The van der Waals surface area contributed by atoms with E-state index in [1.165, 1.54) is 4.90 Å². The predicted octanol–water partition coefficient (Wildman–Crippen LogP) is -1.50. The molecule has 2 rings (SSSR count). The topological polar surface area (TPSA) is 103 Å². The first kappa shape index (κ1) is 11.5. The number of amides is 5. The van der Waals surface area contributed by atoms with Crippen LogP contribution < -0.4 is 21.3 Å². The molecule has 4 N–H and O–H groups in total. The van der Waals surface area contributed by atoms with Crippen molar-refractivity contribution < 1.29 is 14.4 Å². The molecule has 0 aromatic rings. The van der Waals surface area contributed by atoms with E-state index in [1.807, 2.05) is 6.92 Å². The van der Waals surface area contributed by atoms with Crippen LogP contribution >= 0.6 is 0 Å². The molecule has 0 radical (unpaired) electrons. The number of fused-ring (bicyclic) bond motifs is 1. The lowest BCUT2D eigenvalue weighted by atomic mass is 10.4. The average Bonchev–Trinajstić information content (AvgIpc) is 2.74. The van der Waals surface area contributed by atoms with Gasteiger partial charge in [-0.1, -0.05) is 6.92 Å². The van der Waals surface area contributed by atoms with Gasteiger partial charge in [-0.25, -0.2) is 9.59 Å². The Labute approximate surface area is 98.1 Å². The van der Waals surface area contributed by atoms with Crippen molar-refractivity contribution in [3.63, 3.8) is 0 Å². The first-order valence-corrected chi connectivity index (χ1v) is 5.52. The number of rotatable bonds is 4. The van der Waals surface area contributed by atoms with Gasteiger partial charge < -0.3 is 21.3 Å². The third kappa shape index (κ3) is 2.24. The maximum atomic E-state index is 11.5. The van der Waals surface area contributed by atoms with Crippen molar-refractivity contribution in [1.82, 2.24) is 26.2 Å². The lowest BCUT2D eigenvalue weighted by Gasteiger charge is -2.20. The van der Waals surface area contributed by atoms with Gasteiger partial charge in [0.25, 0.3) is 0 Å². The van der Waals surface area contributed by atoms with E-state index < -0.39 is 12.3 Å². The summed E-state index contributed by atoms with van der Waals surface area (Å²) in [7, 11) is 0. The van der Waals surface area contributed by atoms with Crippen LogP contribution in [0.2, 0.25) is 0 Å². The van der Waals surface area contributed by atoms with E-state index in [1.54, 1.807) is 0 Å². The van der Waals surface area contributed by atoms with Gasteiger partial charge in [-0.3, -0.25) is 9.69 Å². The lowest BCUT2D eigenvalue weighted by Crippen LogP contribution is -2.48. The SMILES string of the molecule is CCCNC(=O)CN1C(=O)N[C@H]2NC(=O)N[C@H]21. The molecule has 5 amide bonds. The molecule has 0 bridgehead atoms. The van der Waals surface area contributed by atoms with Crippen LogP contribution in [-0.2, 0) is 4.79 Å². The fraction of sp³-hybridized carbons (Fsp3) is 0.667. The Morgan fingerprint density at radius 2 is 2.12 bits per heavy atom. The van der Waals surface area contributed by atoms with Crippen molar-refractivity contribution in [2.24, 2.45) is 0 Å². The van der Waals surface area contributed by atoms with Gasteiger partial charge in [0.2, 0.25) is 5.91 Å². The molecule has 2 fully saturated rings. The number of carbonyl (C=O) groups excluding carboxylic acids is 3. The summed E-state index contributed by atoms with van der Waals surface area (Å²) in [6.07, 6.45) is -0.126. The van der Waals surface area contributed by atoms with Crippen molar-refractivity contribution in [2.45, 2.75) is 25.7 Å². The maximum absolute atomic E-state index is 11.5. The summed E-state index contributed by atoms with van der Waals surface area (Å²) in [5.41, 5.74) is 0. The number of hydrogen-bond acceptors (Lipinski definition) is 3. The first-order valence-electron chi connectivity index (χ1n) is 5.52. The summed E-state index contributed by atoms with van der Waals surface area (Å²) in [5.74, 6) is -0.233. The zero-order valence-electron chi connectivity index (χ0n) is 9.45. The monoisotopic (exact) mass is 241 g/mol. The first-order chi connectivity index (χ1) is 8.11. The largest absolute Gasteiger partial charge is 0.355 e. The molecule has 2 aliphatic rings. The van der Waals surface area contributed by atoms with Gasteiger partial charge in [-0.2, -0.15) is 0 Å². The number of nitrogens with one attached hydrogen (secondary N) is 4. The minimum Gasteiger partial charge on any atom is -0.355 e. The molecule has 17 heavy (non-hydrogen) atoms. The van der Waals surface area contributed by atoms with E-state index in [0.29, 0.717) is 6.54 Å². The second kappa shape index (κ2) is 4.48. The number of carbonyl (C=O) groups is 3. The summed E-state index contributed by atoms with van der Waals surface area (Å²) >= 11 is 0. The maximum Gasteiger partial charge on any atom is 0.321 e. The summed E-state index contributed by atoms with van der Waals surface area (Å²) in [6, 6.07) is -0.710. The smallest absolute Gasteiger partial charge is 0.321 e. The van der Waals surface area contributed by atoms with E-state index in [9.17, 15) is 14.4 Å². The van der Waals surface area contributed by atoms with Crippen LogP contribution in [0.3, 0.4) is 0 Å². The van der Waals surface area contributed by atoms with Crippen LogP contribution in [0.4, 0.5) is 9.59 Å². The minimum atomic E-state index is -0.498. The van der Waals surface area contributed by atoms with Gasteiger partial charge in [0.15, 0.2) is 0 Å². The highest BCUT2D eigenvalue weighted by atomic mass is 16.2. The summed E-state index contributed by atoms with van der Waals surface area (Å²) < 4.78 is 0. The van der Waals surface area contributed by atoms with E-state index in [-0.39, 0.29) is 24.5 Å². The van der Waals surface area contributed by atoms with Crippen LogP contribution in [0.1, 0.15) is 13.3 Å². The van der Waals surface area contributed by atoms with Gasteiger partial charge in [0.1, 0.15) is 18.9 Å². The molecule has 0 saturated carbocycles. The average molecular weight is 241 g/mol. The molecule has 0 aliphatic carbocycles. The van der Waals surface area contributed by atoms with E-state index in [4.69, 9.17) is 0 Å². The van der Waals surface area contributed by atoms with E-state index in [0.717, 1.165) is 6.42 Å². The molecular weight excluding hydrogens is 226 g/mol. The third-order valence-corrected chi connectivity index (χ3v) is 2.64. The van der Waals surface area contributed by atoms with Crippen LogP contribution in [-0.4, -0.2) is 48.3 Å². The molecule has 94 valence electrons. The Kier molecular flexibility index (Phi) is 3.03. The molecular formula is C9H15N5O3. The van der Waals surface area contributed by atoms with Crippen LogP contribution in [0.5, 0.6) is 0 Å². The third-order valence-electron chi connectivity index (χ3n) is 2.64. The van der Waals surface area contributed by atoms with Gasteiger partial charge in [-0.15, -0.1) is 0 Å². The Hall–Kier alpha value is -1.99. The molecule has 8 heteroatoms. The fourth-order valence-corrected chi connectivity index (χ4v) is 1.84. The Morgan fingerprint density at radius 3 is 2.82 bits per heavy atom. The molecule has 0 aromatic heterocycles. The summed E-state index contributed by atoms with van der Waals surface area (Å²) in [4.78, 5) is 35.4. The quantitative estimate of drug-likeness (QED) is 0.482. The molecule has 2 atom stereocenters. The molecule has 0 unspecified atom stereocenters. The number of nitrogens with zero attached hydrogens (tertiary/aromatic N) is 1.